The number of guanidine groups is 1. The summed E-state index contributed by atoms with van der Waals surface area (Å²) < 4.78 is 0. The lowest BCUT2D eigenvalue weighted by atomic mass is 9.80. The van der Waals surface area contributed by atoms with Gasteiger partial charge >= 0.3 is 0 Å². The molecule has 0 heterocycles. The van der Waals surface area contributed by atoms with Gasteiger partial charge < -0.3 is 16.4 Å². The summed E-state index contributed by atoms with van der Waals surface area (Å²) in [6.45, 7) is 8.07. The number of carbonyl (C=O) groups excluding carboxylic acids is 1. The molecule has 0 atom stereocenters. The van der Waals surface area contributed by atoms with E-state index >= 15 is 0 Å². The topological polar surface area (TPSA) is 79.5 Å². The summed E-state index contributed by atoms with van der Waals surface area (Å²) in [4.78, 5) is 16.0. The minimum absolute atomic E-state index is 0.405. The molecular formula is C20H32N4O. The first-order valence-electron chi connectivity index (χ1n) is 9.43. The highest BCUT2D eigenvalue weighted by Crippen LogP contribution is 2.29. The van der Waals surface area contributed by atoms with Gasteiger partial charge in [-0.1, -0.05) is 26.0 Å². The van der Waals surface area contributed by atoms with E-state index in [0.29, 0.717) is 18.2 Å². The Balaban J connectivity index is 1.94. The highest BCUT2D eigenvalue weighted by molar-refractivity contribution is 5.92. The van der Waals surface area contributed by atoms with Gasteiger partial charge in [-0.25, -0.2) is 4.99 Å². The number of carbonyl (C=O) groups is 1. The lowest BCUT2D eigenvalue weighted by molar-refractivity contribution is 0.1000. The third-order valence-corrected chi connectivity index (χ3v) is 5.03. The van der Waals surface area contributed by atoms with Crippen LogP contribution in [-0.2, 0) is 6.54 Å². The minimum atomic E-state index is -0.405. The predicted octanol–water partition coefficient (Wildman–Crippen LogP) is 3.06. The molecule has 5 nitrogen and oxygen atoms in total. The van der Waals surface area contributed by atoms with Gasteiger partial charge in [0, 0.05) is 18.2 Å². The summed E-state index contributed by atoms with van der Waals surface area (Å²) in [5.74, 6) is 2.08. The number of rotatable bonds is 6. The van der Waals surface area contributed by atoms with Crippen molar-refractivity contribution in [3.05, 3.63) is 35.4 Å². The number of nitrogens with zero attached hydrogens (tertiary/aromatic N) is 1. The van der Waals surface area contributed by atoms with Gasteiger partial charge in [0.05, 0.1) is 6.54 Å². The van der Waals surface area contributed by atoms with E-state index in [4.69, 9.17) is 5.73 Å². The van der Waals surface area contributed by atoms with Crippen LogP contribution in [0.15, 0.2) is 29.3 Å². The molecule has 1 aliphatic carbocycles. The maximum Gasteiger partial charge on any atom is 0.248 e. The van der Waals surface area contributed by atoms with Crippen LogP contribution < -0.4 is 16.4 Å². The van der Waals surface area contributed by atoms with Crippen molar-refractivity contribution in [2.45, 2.75) is 59.0 Å². The highest BCUT2D eigenvalue weighted by atomic mass is 16.1. The number of aliphatic imine (C=N–C) groups is 1. The molecule has 1 aliphatic rings. The molecule has 1 aromatic carbocycles. The van der Waals surface area contributed by atoms with Crippen molar-refractivity contribution < 1.29 is 4.79 Å². The molecule has 0 spiro atoms. The molecule has 0 unspecified atom stereocenters. The van der Waals surface area contributed by atoms with Crippen LogP contribution in [0.2, 0.25) is 0 Å². The van der Waals surface area contributed by atoms with E-state index in [9.17, 15) is 4.79 Å². The first kappa shape index (κ1) is 19.3. The molecule has 0 saturated heterocycles. The molecule has 138 valence electrons. The Morgan fingerprint density at radius 2 is 2.00 bits per heavy atom. The Morgan fingerprint density at radius 3 is 2.60 bits per heavy atom. The number of hydrogen-bond donors (Lipinski definition) is 3. The standard InChI is InChI=1S/C20H32N4O/c1-4-22-20(24-18-10-8-16(9-11-18)14(2)3)23-13-15-6-5-7-17(12-15)19(21)25/h5-7,12,14,16,18H,4,8-11,13H2,1-3H3,(H2,21,25)(H2,22,23,24). The van der Waals surface area contributed by atoms with Gasteiger partial charge in [0.15, 0.2) is 5.96 Å². The fourth-order valence-electron chi connectivity index (χ4n) is 3.44. The summed E-state index contributed by atoms with van der Waals surface area (Å²) >= 11 is 0. The van der Waals surface area contributed by atoms with Gasteiger partial charge in [-0.2, -0.15) is 0 Å². The van der Waals surface area contributed by atoms with Gasteiger partial charge in [0.25, 0.3) is 0 Å². The van der Waals surface area contributed by atoms with Gasteiger partial charge in [0.2, 0.25) is 5.91 Å². The smallest absolute Gasteiger partial charge is 0.248 e. The monoisotopic (exact) mass is 344 g/mol. The fourth-order valence-corrected chi connectivity index (χ4v) is 3.44. The summed E-state index contributed by atoms with van der Waals surface area (Å²) in [5.41, 5.74) is 6.85. The van der Waals surface area contributed by atoms with Crippen LogP contribution in [0.5, 0.6) is 0 Å². The summed E-state index contributed by atoms with van der Waals surface area (Å²) in [6.07, 6.45) is 4.97. The van der Waals surface area contributed by atoms with Gasteiger partial charge in [-0.3, -0.25) is 4.79 Å². The first-order valence-corrected chi connectivity index (χ1v) is 9.43. The fraction of sp³-hybridized carbons (Fsp3) is 0.600. The molecule has 5 heteroatoms. The average molecular weight is 345 g/mol. The Hall–Kier alpha value is -2.04. The zero-order chi connectivity index (χ0) is 18.2. The molecule has 1 amide bonds. The van der Waals surface area contributed by atoms with Crippen molar-refractivity contribution in [2.24, 2.45) is 22.6 Å². The Bertz CT molecular complexity index is 589. The largest absolute Gasteiger partial charge is 0.366 e. The van der Waals surface area contributed by atoms with Gasteiger partial charge in [0.1, 0.15) is 0 Å². The second kappa shape index (κ2) is 9.44. The summed E-state index contributed by atoms with van der Waals surface area (Å²) in [6, 6.07) is 7.84. The van der Waals surface area contributed by atoms with Crippen molar-refractivity contribution in [2.75, 3.05) is 6.54 Å². The first-order chi connectivity index (χ1) is 12.0. The van der Waals surface area contributed by atoms with Gasteiger partial charge in [-0.05, 0) is 62.1 Å². The molecule has 1 aromatic rings. The third-order valence-electron chi connectivity index (χ3n) is 5.03. The van der Waals surface area contributed by atoms with Crippen LogP contribution in [-0.4, -0.2) is 24.5 Å². The van der Waals surface area contributed by atoms with E-state index in [1.165, 1.54) is 25.7 Å². The number of benzene rings is 1. The number of amides is 1. The summed E-state index contributed by atoms with van der Waals surface area (Å²) in [7, 11) is 0. The summed E-state index contributed by atoms with van der Waals surface area (Å²) in [5, 5.41) is 6.89. The second-order valence-electron chi connectivity index (χ2n) is 7.26. The molecule has 0 aromatic heterocycles. The lowest BCUT2D eigenvalue weighted by Gasteiger charge is -2.32. The maximum absolute atomic E-state index is 11.3. The van der Waals surface area contributed by atoms with Crippen LogP contribution in [0, 0.1) is 11.8 Å². The lowest BCUT2D eigenvalue weighted by Crippen LogP contribution is -2.45. The molecule has 1 saturated carbocycles. The Labute approximate surface area is 151 Å². The number of nitrogens with one attached hydrogen (secondary N) is 2. The van der Waals surface area contributed by atoms with E-state index in [2.05, 4.69) is 36.4 Å². The molecule has 0 bridgehead atoms. The molecule has 1 fully saturated rings. The highest BCUT2D eigenvalue weighted by Gasteiger charge is 2.23. The average Bonchev–Trinajstić information content (AvgIpc) is 2.60. The van der Waals surface area contributed by atoms with Crippen molar-refractivity contribution >= 4 is 11.9 Å². The molecule has 2 rings (SSSR count). The quantitative estimate of drug-likeness (QED) is 0.548. The normalized spacial score (nSPS) is 21.2. The van der Waals surface area contributed by atoms with E-state index in [1.807, 2.05) is 18.2 Å². The van der Waals surface area contributed by atoms with Crippen molar-refractivity contribution in [1.29, 1.82) is 0 Å². The van der Waals surface area contributed by atoms with E-state index in [-0.39, 0.29) is 0 Å². The Morgan fingerprint density at radius 1 is 1.28 bits per heavy atom. The second-order valence-corrected chi connectivity index (χ2v) is 7.26. The van der Waals surface area contributed by atoms with E-state index in [0.717, 1.165) is 29.9 Å². The van der Waals surface area contributed by atoms with Crippen LogP contribution >= 0.6 is 0 Å². The van der Waals surface area contributed by atoms with Crippen LogP contribution in [0.4, 0.5) is 0 Å². The van der Waals surface area contributed by atoms with Crippen molar-refractivity contribution in [3.63, 3.8) is 0 Å². The number of nitrogens with two attached hydrogens (primary N) is 1. The molecule has 0 aliphatic heterocycles. The van der Waals surface area contributed by atoms with E-state index in [1.54, 1.807) is 6.07 Å². The number of primary amides is 1. The van der Waals surface area contributed by atoms with Crippen LogP contribution in [0.25, 0.3) is 0 Å². The molecule has 25 heavy (non-hydrogen) atoms. The third kappa shape index (κ3) is 6.07. The minimum Gasteiger partial charge on any atom is -0.366 e. The number of hydrogen-bond acceptors (Lipinski definition) is 2. The zero-order valence-electron chi connectivity index (χ0n) is 15.7. The van der Waals surface area contributed by atoms with Crippen LogP contribution in [0.1, 0.15) is 62.4 Å². The van der Waals surface area contributed by atoms with Gasteiger partial charge in [-0.15, -0.1) is 0 Å². The van der Waals surface area contributed by atoms with Crippen molar-refractivity contribution in [1.82, 2.24) is 10.6 Å². The Kier molecular flexibility index (Phi) is 7.29. The van der Waals surface area contributed by atoms with Crippen molar-refractivity contribution in [3.8, 4) is 0 Å². The predicted molar refractivity (Wildman–Crippen MR) is 103 cm³/mol. The zero-order valence-corrected chi connectivity index (χ0v) is 15.7. The van der Waals surface area contributed by atoms with Crippen LogP contribution in [0.3, 0.4) is 0 Å². The maximum atomic E-state index is 11.3. The molecule has 0 radical (unpaired) electrons. The molecular weight excluding hydrogens is 312 g/mol. The molecule has 4 N–H and O–H groups in total. The van der Waals surface area contributed by atoms with E-state index < -0.39 is 5.91 Å². The SMILES string of the molecule is CCNC(=NCc1cccc(C(N)=O)c1)NC1CCC(C(C)C)CC1.